The van der Waals surface area contributed by atoms with E-state index in [2.05, 4.69) is 10.6 Å². The molecule has 1 aliphatic rings. The van der Waals surface area contributed by atoms with E-state index in [1.54, 1.807) is 12.1 Å². The van der Waals surface area contributed by atoms with Gasteiger partial charge in [-0.1, -0.05) is 24.9 Å². The van der Waals surface area contributed by atoms with Gasteiger partial charge in [-0.05, 0) is 6.42 Å². The standard InChI is InChI=1S/C16H21ClN2O5.ClH/c1-2-4-11(16(21)22)18-9-15(20)19-12-8-14-13(7-10(12)17)23-5-3-6-24-14;/h7-8,11,18H,2-6,9H2,1H3,(H,19,20)(H,21,22);1H. The molecule has 1 aromatic carbocycles. The number of rotatable bonds is 7. The van der Waals surface area contributed by atoms with Crippen molar-refractivity contribution in [3.05, 3.63) is 17.2 Å². The van der Waals surface area contributed by atoms with Crippen LogP contribution < -0.4 is 20.1 Å². The molecule has 1 heterocycles. The first-order valence-corrected chi connectivity index (χ1v) is 8.24. The fourth-order valence-corrected chi connectivity index (χ4v) is 2.49. The lowest BCUT2D eigenvalue weighted by molar-refractivity contribution is -0.139. The molecule has 0 radical (unpaired) electrons. The van der Waals surface area contributed by atoms with Crippen LogP contribution in [0.25, 0.3) is 0 Å². The molecule has 0 aliphatic carbocycles. The van der Waals surface area contributed by atoms with Gasteiger partial charge >= 0.3 is 5.97 Å². The van der Waals surface area contributed by atoms with E-state index in [0.717, 1.165) is 6.42 Å². The summed E-state index contributed by atoms with van der Waals surface area (Å²) in [5.41, 5.74) is 0.398. The number of carbonyl (C=O) groups excluding carboxylic acids is 1. The maximum absolute atomic E-state index is 12.0. The molecular formula is C16H22Cl2N2O5. The molecule has 1 aromatic rings. The number of carboxylic acids is 1. The second kappa shape index (κ2) is 10.3. The van der Waals surface area contributed by atoms with Crippen molar-refractivity contribution < 1.29 is 24.2 Å². The average molecular weight is 393 g/mol. The fraction of sp³-hybridized carbons (Fsp3) is 0.500. The number of aliphatic carboxylic acids is 1. The van der Waals surface area contributed by atoms with Gasteiger partial charge in [-0.2, -0.15) is 0 Å². The Bertz CT molecular complexity index is 612. The number of carbonyl (C=O) groups is 2. The summed E-state index contributed by atoms with van der Waals surface area (Å²) in [5, 5.41) is 14.8. The predicted molar refractivity (Wildman–Crippen MR) is 97.3 cm³/mol. The first-order chi connectivity index (χ1) is 11.5. The third-order valence-electron chi connectivity index (χ3n) is 3.50. The van der Waals surface area contributed by atoms with Gasteiger partial charge in [0.15, 0.2) is 11.5 Å². The number of fused-ring (bicyclic) bond motifs is 1. The number of hydrogen-bond acceptors (Lipinski definition) is 5. The van der Waals surface area contributed by atoms with E-state index in [0.29, 0.717) is 48.3 Å². The van der Waals surface area contributed by atoms with Crippen molar-refractivity contribution in [2.75, 3.05) is 25.1 Å². The van der Waals surface area contributed by atoms with Crippen molar-refractivity contribution in [2.45, 2.75) is 32.2 Å². The van der Waals surface area contributed by atoms with Crippen LogP contribution in [-0.2, 0) is 9.59 Å². The Hall–Kier alpha value is -1.70. The Balaban J connectivity index is 0.00000312. The van der Waals surface area contributed by atoms with E-state index in [1.807, 2.05) is 6.92 Å². The summed E-state index contributed by atoms with van der Waals surface area (Å²) in [4.78, 5) is 23.1. The third kappa shape index (κ3) is 6.26. The summed E-state index contributed by atoms with van der Waals surface area (Å²) in [6, 6.07) is 2.46. The van der Waals surface area contributed by atoms with Crippen LogP contribution in [0.1, 0.15) is 26.2 Å². The smallest absolute Gasteiger partial charge is 0.320 e. The van der Waals surface area contributed by atoms with Gasteiger partial charge in [0, 0.05) is 18.6 Å². The number of halogens is 2. The molecule has 25 heavy (non-hydrogen) atoms. The zero-order valence-corrected chi connectivity index (χ0v) is 15.4. The summed E-state index contributed by atoms with van der Waals surface area (Å²) < 4.78 is 11.1. The highest BCUT2D eigenvalue weighted by molar-refractivity contribution is 6.34. The van der Waals surface area contributed by atoms with E-state index in [-0.39, 0.29) is 24.9 Å². The highest BCUT2D eigenvalue weighted by atomic mass is 35.5. The van der Waals surface area contributed by atoms with Crippen molar-refractivity contribution in [2.24, 2.45) is 0 Å². The van der Waals surface area contributed by atoms with E-state index in [9.17, 15) is 9.59 Å². The van der Waals surface area contributed by atoms with Crippen molar-refractivity contribution in [1.82, 2.24) is 5.32 Å². The summed E-state index contributed by atoms with van der Waals surface area (Å²) >= 11 is 6.16. The van der Waals surface area contributed by atoms with Crippen LogP contribution in [0.4, 0.5) is 5.69 Å². The zero-order chi connectivity index (χ0) is 17.5. The number of nitrogens with one attached hydrogen (secondary N) is 2. The lowest BCUT2D eigenvalue weighted by atomic mass is 10.1. The maximum Gasteiger partial charge on any atom is 0.320 e. The van der Waals surface area contributed by atoms with Gasteiger partial charge < -0.3 is 19.9 Å². The molecule has 9 heteroatoms. The summed E-state index contributed by atoms with van der Waals surface area (Å²) in [7, 11) is 0. The highest BCUT2D eigenvalue weighted by Crippen LogP contribution is 2.37. The molecule has 2 rings (SSSR count). The average Bonchev–Trinajstić information content (AvgIpc) is 2.76. The minimum absolute atomic E-state index is 0. The van der Waals surface area contributed by atoms with Crippen LogP contribution in [0.3, 0.4) is 0 Å². The number of anilines is 1. The first kappa shape index (κ1) is 21.3. The summed E-state index contributed by atoms with van der Waals surface area (Å²) in [6.45, 7) is 2.84. The minimum atomic E-state index is -0.974. The Labute approximate surface area is 157 Å². The molecular weight excluding hydrogens is 371 g/mol. The molecule has 1 aliphatic heterocycles. The Morgan fingerprint density at radius 2 is 1.92 bits per heavy atom. The lowest BCUT2D eigenvalue weighted by Crippen LogP contribution is -2.41. The number of carboxylic acid groups (broad SMARTS) is 1. The number of ether oxygens (including phenoxy) is 2. The normalized spacial score (nSPS) is 14.0. The van der Waals surface area contributed by atoms with Gasteiger partial charge in [0.05, 0.1) is 30.5 Å². The van der Waals surface area contributed by atoms with Crippen molar-refractivity contribution in [3.8, 4) is 11.5 Å². The number of amides is 1. The minimum Gasteiger partial charge on any atom is -0.490 e. The third-order valence-corrected chi connectivity index (χ3v) is 3.81. The summed E-state index contributed by atoms with van der Waals surface area (Å²) in [5.74, 6) is -0.288. The van der Waals surface area contributed by atoms with Gasteiger partial charge in [-0.25, -0.2) is 0 Å². The van der Waals surface area contributed by atoms with Crippen LogP contribution in [0.15, 0.2) is 12.1 Å². The van der Waals surface area contributed by atoms with E-state index in [4.69, 9.17) is 26.2 Å². The summed E-state index contributed by atoms with van der Waals surface area (Å²) in [6.07, 6.45) is 1.93. The fourth-order valence-electron chi connectivity index (χ4n) is 2.29. The van der Waals surface area contributed by atoms with E-state index in [1.165, 1.54) is 0 Å². The first-order valence-electron chi connectivity index (χ1n) is 7.86. The Morgan fingerprint density at radius 1 is 1.28 bits per heavy atom. The van der Waals surface area contributed by atoms with Gasteiger partial charge in [0.25, 0.3) is 0 Å². The lowest BCUT2D eigenvalue weighted by Gasteiger charge is -2.15. The second-order valence-electron chi connectivity index (χ2n) is 5.44. The van der Waals surface area contributed by atoms with E-state index < -0.39 is 12.0 Å². The zero-order valence-electron chi connectivity index (χ0n) is 13.8. The molecule has 1 atom stereocenters. The predicted octanol–water partition coefficient (Wildman–Crippen LogP) is 2.70. The number of benzene rings is 1. The van der Waals surface area contributed by atoms with Crippen molar-refractivity contribution in [3.63, 3.8) is 0 Å². The molecule has 0 spiro atoms. The molecule has 7 nitrogen and oxygen atoms in total. The molecule has 3 N–H and O–H groups in total. The van der Waals surface area contributed by atoms with Gasteiger partial charge in [-0.3, -0.25) is 14.9 Å². The molecule has 1 amide bonds. The van der Waals surface area contributed by atoms with Crippen LogP contribution >= 0.6 is 24.0 Å². The molecule has 0 saturated heterocycles. The molecule has 0 saturated carbocycles. The molecule has 0 aromatic heterocycles. The van der Waals surface area contributed by atoms with Crippen LogP contribution in [0.2, 0.25) is 5.02 Å². The van der Waals surface area contributed by atoms with Crippen LogP contribution in [0.5, 0.6) is 11.5 Å². The quantitative estimate of drug-likeness (QED) is 0.659. The SMILES string of the molecule is CCCC(NCC(=O)Nc1cc2c(cc1Cl)OCCCO2)C(=O)O.Cl. The van der Waals surface area contributed by atoms with Gasteiger partial charge in [-0.15, -0.1) is 12.4 Å². The largest absolute Gasteiger partial charge is 0.490 e. The molecule has 1 unspecified atom stereocenters. The monoisotopic (exact) mass is 392 g/mol. The molecule has 140 valence electrons. The van der Waals surface area contributed by atoms with Crippen LogP contribution in [0, 0.1) is 0 Å². The Kier molecular flexibility index (Phi) is 8.82. The topological polar surface area (TPSA) is 96.9 Å². The van der Waals surface area contributed by atoms with Crippen LogP contribution in [-0.4, -0.2) is 42.8 Å². The van der Waals surface area contributed by atoms with E-state index >= 15 is 0 Å². The van der Waals surface area contributed by atoms with Crippen molar-refractivity contribution >= 4 is 41.6 Å². The maximum atomic E-state index is 12.0. The van der Waals surface area contributed by atoms with Crippen molar-refractivity contribution in [1.29, 1.82) is 0 Å². The van der Waals surface area contributed by atoms with Gasteiger partial charge in [0.1, 0.15) is 6.04 Å². The number of hydrogen-bond donors (Lipinski definition) is 3. The molecule has 0 bridgehead atoms. The molecule has 0 fully saturated rings. The highest BCUT2D eigenvalue weighted by Gasteiger charge is 2.18. The Morgan fingerprint density at radius 3 is 2.52 bits per heavy atom. The second-order valence-corrected chi connectivity index (χ2v) is 5.85. The van der Waals surface area contributed by atoms with Gasteiger partial charge in [0.2, 0.25) is 5.91 Å².